The van der Waals surface area contributed by atoms with Gasteiger partial charge in [0.1, 0.15) is 10.7 Å². The number of aryl methyl sites for hydroxylation is 2. The fraction of sp³-hybridized carbons (Fsp3) is 0.533. The van der Waals surface area contributed by atoms with Crippen LogP contribution in [-0.4, -0.2) is 34.7 Å². The van der Waals surface area contributed by atoms with E-state index in [9.17, 15) is 9.59 Å². The number of H-pyrrole nitrogens is 1. The number of hydrogen-bond acceptors (Lipinski definition) is 6. The Morgan fingerprint density at radius 3 is 2.96 bits per heavy atom. The monoisotopic (exact) mass is 388 g/mol. The van der Waals surface area contributed by atoms with E-state index < -0.39 is 0 Å². The lowest BCUT2D eigenvalue weighted by Gasteiger charge is -2.09. The molecule has 2 heterocycles. The van der Waals surface area contributed by atoms with Gasteiger partial charge < -0.3 is 16.0 Å². The number of hydrogen-bond donors (Lipinski definition) is 3. The summed E-state index contributed by atoms with van der Waals surface area (Å²) in [6.45, 7) is 0.923. The lowest BCUT2D eigenvalue weighted by Crippen LogP contribution is -2.30. The van der Waals surface area contributed by atoms with Gasteiger partial charge in [0.25, 0.3) is 5.56 Å². The van der Waals surface area contributed by atoms with Crippen molar-refractivity contribution in [3.63, 3.8) is 0 Å². The van der Waals surface area contributed by atoms with E-state index in [0.717, 1.165) is 29.5 Å². The average Bonchev–Trinajstić information content (AvgIpc) is 2.91. The van der Waals surface area contributed by atoms with Crippen LogP contribution in [-0.2, 0) is 23.4 Å². The Kier molecular flexibility index (Phi) is 7.09. The van der Waals surface area contributed by atoms with E-state index >= 15 is 0 Å². The number of aromatic nitrogens is 2. The summed E-state index contributed by atoms with van der Waals surface area (Å²) >= 11 is 3.08. The molecule has 1 aliphatic rings. The number of nitrogens with zero attached hydrogens (tertiary/aromatic N) is 1. The van der Waals surface area contributed by atoms with Gasteiger partial charge in [0.2, 0.25) is 5.91 Å². The molecule has 9 heteroatoms. The number of carbonyl (C=O) groups excluding carboxylic acids is 1. The Hall–Kier alpha value is -1.09. The first-order valence-electron chi connectivity index (χ1n) is 7.77. The summed E-state index contributed by atoms with van der Waals surface area (Å²) in [6.07, 6.45) is 4.38. The van der Waals surface area contributed by atoms with E-state index in [1.165, 1.54) is 28.6 Å². The van der Waals surface area contributed by atoms with Crippen LogP contribution in [0.2, 0.25) is 0 Å². The Labute approximate surface area is 154 Å². The van der Waals surface area contributed by atoms with Crippen molar-refractivity contribution in [3.8, 4) is 0 Å². The highest BCUT2D eigenvalue weighted by Crippen LogP contribution is 2.33. The minimum atomic E-state index is -0.0459. The van der Waals surface area contributed by atoms with Crippen molar-refractivity contribution in [2.45, 2.75) is 31.4 Å². The molecule has 24 heavy (non-hydrogen) atoms. The topological polar surface area (TPSA) is 101 Å². The van der Waals surface area contributed by atoms with E-state index in [1.54, 1.807) is 11.3 Å². The molecule has 3 rings (SSSR count). The zero-order chi connectivity index (χ0) is 16.2. The zero-order valence-electron chi connectivity index (χ0n) is 13.2. The molecule has 4 N–H and O–H groups in total. The standard InChI is InChI=1S/C15H20N4O2S2.ClH/c16-5-6-17-12(20)8-22-7-11-18-14(21)13-9-3-1-2-4-10(9)23-15(13)19-11;/h1-8,16H2,(H,17,20)(H,18,19,21);1H. The number of rotatable bonds is 6. The van der Waals surface area contributed by atoms with Crippen molar-refractivity contribution in [3.05, 3.63) is 26.6 Å². The first kappa shape index (κ1) is 19.2. The van der Waals surface area contributed by atoms with Crippen molar-refractivity contribution in [1.82, 2.24) is 15.3 Å². The predicted molar refractivity (Wildman–Crippen MR) is 102 cm³/mol. The molecule has 132 valence electrons. The number of nitrogens with two attached hydrogens (primary N) is 1. The number of thioether (sulfide) groups is 1. The van der Waals surface area contributed by atoms with Crippen LogP contribution in [0, 0.1) is 0 Å². The maximum absolute atomic E-state index is 12.4. The molecule has 0 saturated carbocycles. The van der Waals surface area contributed by atoms with Gasteiger partial charge in [-0.3, -0.25) is 9.59 Å². The van der Waals surface area contributed by atoms with E-state index in [-0.39, 0.29) is 23.9 Å². The molecule has 0 aliphatic heterocycles. The molecular weight excluding hydrogens is 368 g/mol. The van der Waals surface area contributed by atoms with Gasteiger partial charge in [-0.2, -0.15) is 0 Å². The molecule has 0 aromatic carbocycles. The van der Waals surface area contributed by atoms with Gasteiger partial charge in [-0.15, -0.1) is 35.5 Å². The van der Waals surface area contributed by atoms with Gasteiger partial charge in [-0.25, -0.2) is 4.98 Å². The first-order chi connectivity index (χ1) is 11.2. The van der Waals surface area contributed by atoms with Crippen molar-refractivity contribution in [2.75, 3.05) is 18.8 Å². The second kappa shape index (κ2) is 8.84. The maximum Gasteiger partial charge on any atom is 0.259 e. The molecule has 0 spiro atoms. The molecule has 1 amide bonds. The van der Waals surface area contributed by atoms with Crippen LogP contribution in [0.15, 0.2) is 4.79 Å². The van der Waals surface area contributed by atoms with Gasteiger partial charge in [0.15, 0.2) is 0 Å². The lowest BCUT2D eigenvalue weighted by molar-refractivity contribution is -0.118. The Morgan fingerprint density at radius 1 is 1.38 bits per heavy atom. The molecule has 0 bridgehead atoms. The Morgan fingerprint density at radius 2 is 2.17 bits per heavy atom. The minimum Gasteiger partial charge on any atom is -0.354 e. The summed E-state index contributed by atoms with van der Waals surface area (Å²) in [6, 6.07) is 0. The smallest absolute Gasteiger partial charge is 0.259 e. The van der Waals surface area contributed by atoms with Gasteiger partial charge in [0.05, 0.1) is 16.9 Å². The Bertz CT molecular complexity index is 775. The molecule has 0 saturated heterocycles. The quantitative estimate of drug-likeness (QED) is 0.697. The predicted octanol–water partition coefficient (Wildman–Crippen LogP) is 1.59. The van der Waals surface area contributed by atoms with Gasteiger partial charge in [-0.1, -0.05) is 0 Å². The largest absolute Gasteiger partial charge is 0.354 e. The normalized spacial score (nSPS) is 13.4. The second-order valence-electron chi connectivity index (χ2n) is 5.54. The van der Waals surface area contributed by atoms with E-state index in [1.807, 2.05) is 0 Å². The number of amides is 1. The fourth-order valence-electron chi connectivity index (χ4n) is 2.78. The molecule has 2 aromatic rings. The molecule has 0 atom stereocenters. The van der Waals surface area contributed by atoms with E-state index in [0.29, 0.717) is 30.4 Å². The number of carbonyl (C=O) groups is 1. The number of aromatic amines is 1. The highest BCUT2D eigenvalue weighted by atomic mass is 35.5. The number of halogens is 1. The fourth-order valence-corrected chi connectivity index (χ4v) is 4.78. The molecule has 6 nitrogen and oxygen atoms in total. The number of thiophene rings is 1. The summed E-state index contributed by atoms with van der Waals surface area (Å²) in [7, 11) is 0. The van der Waals surface area contributed by atoms with Crippen LogP contribution in [0.3, 0.4) is 0 Å². The second-order valence-corrected chi connectivity index (χ2v) is 7.60. The maximum atomic E-state index is 12.4. The molecular formula is C15H21ClN4O2S2. The highest BCUT2D eigenvalue weighted by Gasteiger charge is 2.19. The van der Waals surface area contributed by atoms with Crippen LogP contribution < -0.4 is 16.6 Å². The zero-order valence-corrected chi connectivity index (χ0v) is 15.7. The summed E-state index contributed by atoms with van der Waals surface area (Å²) in [5.74, 6) is 1.44. The summed E-state index contributed by atoms with van der Waals surface area (Å²) in [5, 5.41) is 3.49. The summed E-state index contributed by atoms with van der Waals surface area (Å²) in [4.78, 5) is 33.5. The third-order valence-electron chi connectivity index (χ3n) is 3.81. The van der Waals surface area contributed by atoms with Crippen molar-refractivity contribution >= 4 is 51.6 Å². The molecule has 0 fully saturated rings. The van der Waals surface area contributed by atoms with E-state index in [4.69, 9.17) is 5.73 Å². The lowest BCUT2D eigenvalue weighted by atomic mass is 9.97. The molecule has 2 aromatic heterocycles. The van der Waals surface area contributed by atoms with Crippen LogP contribution in [0.25, 0.3) is 10.2 Å². The van der Waals surface area contributed by atoms with Gasteiger partial charge in [-0.05, 0) is 31.2 Å². The van der Waals surface area contributed by atoms with Crippen LogP contribution >= 0.6 is 35.5 Å². The van der Waals surface area contributed by atoms with Crippen molar-refractivity contribution in [1.29, 1.82) is 0 Å². The molecule has 0 radical (unpaired) electrons. The third kappa shape index (κ3) is 4.30. The SMILES string of the molecule is Cl.NCCNC(=O)CSCc1nc2sc3c(c2c(=O)[nH]1)CCCC3. The molecule has 1 aliphatic carbocycles. The Balaban J connectivity index is 0.00000208. The average molecular weight is 389 g/mol. The summed E-state index contributed by atoms with van der Waals surface area (Å²) in [5.41, 5.74) is 6.49. The van der Waals surface area contributed by atoms with Gasteiger partial charge in [0, 0.05) is 18.0 Å². The van der Waals surface area contributed by atoms with Crippen LogP contribution in [0.1, 0.15) is 29.1 Å². The van der Waals surface area contributed by atoms with Gasteiger partial charge >= 0.3 is 0 Å². The third-order valence-corrected chi connectivity index (χ3v) is 5.94. The van der Waals surface area contributed by atoms with Crippen molar-refractivity contribution < 1.29 is 4.79 Å². The van der Waals surface area contributed by atoms with E-state index in [2.05, 4.69) is 15.3 Å². The van der Waals surface area contributed by atoms with Crippen molar-refractivity contribution in [2.24, 2.45) is 5.73 Å². The summed E-state index contributed by atoms with van der Waals surface area (Å²) < 4.78 is 0. The highest BCUT2D eigenvalue weighted by molar-refractivity contribution is 7.99. The minimum absolute atomic E-state index is 0. The van der Waals surface area contributed by atoms with Crippen LogP contribution in [0.5, 0.6) is 0 Å². The first-order valence-corrected chi connectivity index (χ1v) is 9.74. The molecule has 0 unspecified atom stereocenters. The number of nitrogens with one attached hydrogen (secondary N) is 2. The van der Waals surface area contributed by atoms with Crippen LogP contribution in [0.4, 0.5) is 0 Å². The number of fused-ring (bicyclic) bond motifs is 3.